The zero-order valence-corrected chi connectivity index (χ0v) is 23.8. The Morgan fingerprint density at radius 3 is 2.62 bits per heavy atom. The fourth-order valence-electron chi connectivity index (χ4n) is 4.37. The van der Waals surface area contributed by atoms with Crippen LogP contribution in [-0.2, 0) is 15.7 Å². The normalized spacial score (nSPS) is 14.0. The maximum absolute atomic E-state index is 13.5. The van der Waals surface area contributed by atoms with E-state index in [2.05, 4.69) is 26.0 Å². The number of hydrogen-bond acceptors (Lipinski definition) is 7. The number of alkyl halides is 3. The number of ether oxygens (including phenoxy) is 3. The molecule has 13 heteroatoms. The van der Waals surface area contributed by atoms with E-state index in [0.29, 0.717) is 53.4 Å². The lowest BCUT2D eigenvalue weighted by Gasteiger charge is -2.26. The molecule has 4 aromatic rings. The molecule has 1 aliphatic heterocycles. The van der Waals surface area contributed by atoms with Gasteiger partial charge in [-0.2, -0.15) is 22.9 Å². The van der Waals surface area contributed by atoms with E-state index in [1.165, 1.54) is 25.5 Å². The number of halogens is 4. The predicted molar refractivity (Wildman–Crippen MR) is 153 cm³/mol. The van der Waals surface area contributed by atoms with Gasteiger partial charge in [-0.15, -0.1) is 0 Å². The molecule has 0 radical (unpaired) electrons. The number of hydrogen-bond donors (Lipinski definition) is 0. The zero-order valence-electron chi connectivity index (χ0n) is 22.2. The summed E-state index contributed by atoms with van der Waals surface area (Å²) in [7, 11) is 1.43. The molecule has 42 heavy (non-hydrogen) atoms. The van der Waals surface area contributed by atoms with Crippen LogP contribution in [0.4, 0.5) is 13.2 Å². The number of amides is 1. The molecule has 2 heterocycles. The van der Waals surface area contributed by atoms with Crippen molar-refractivity contribution in [3.8, 4) is 22.9 Å². The van der Waals surface area contributed by atoms with Crippen LogP contribution in [0.1, 0.15) is 11.1 Å². The molecular formula is C29H24BrF3N4O5. The first-order chi connectivity index (χ1) is 20.2. The van der Waals surface area contributed by atoms with Crippen LogP contribution in [0.15, 0.2) is 75.0 Å². The Bertz CT molecular complexity index is 1720. The van der Waals surface area contributed by atoms with Gasteiger partial charge in [0.15, 0.2) is 23.9 Å². The van der Waals surface area contributed by atoms with Crippen molar-refractivity contribution < 1.29 is 32.2 Å². The second kappa shape index (κ2) is 12.3. The maximum Gasteiger partial charge on any atom is 0.416 e. The van der Waals surface area contributed by atoms with Crippen molar-refractivity contribution in [2.75, 3.05) is 40.0 Å². The van der Waals surface area contributed by atoms with E-state index in [9.17, 15) is 22.8 Å². The van der Waals surface area contributed by atoms with Crippen LogP contribution in [-0.4, -0.2) is 66.7 Å². The van der Waals surface area contributed by atoms with Gasteiger partial charge in [-0.05, 0) is 57.9 Å². The number of carbonyl (C=O) groups excluding carboxylic acids is 1. The summed E-state index contributed by atoms with van der Waals surface area (Å²) in [6, 6.07) is 14.3. The third-order valence-corrected chi connectivity index (χ3v) is 7.07. The summed E-state index contributed by atoms with van der Waals surface area (Å²) in [5, 5.41) is 4.57. The van der Waals surface area contributed by atoms with Gasteiger partial charge < -0.3 is 19.1 Å². The second-order valence-electron chi connectivity index (χ2n) is 9.21. The third-order valence-electron chi connectivity index (χ3n) is 6.48. The Balaban J connectivity index is 1.50. The summed E-state index contributed by atoms with van der Waals surface area (Å²) in [5.41, 5.74) is -0.581. The quantitative estimate of drug-likeness (QED) is 0.264. The highest BCUT2D eigenvalue weighted by Gasteiger charge is 2.31. The van der Waals surface area contributed by atoms with Gasteiger partial charge in [0.1, 0.15) is 0 Å². The fraction of sp³-hybridized carbons (Fsp3) is 0.241. The third kappa shape index (κ3) is 6.31. The fourth-order valence-corrected chi connectivity index (χ4v) is 4.94. The maximum atomic E-state index is 13.5. The van der Waals surface area contributed by atoms with Gasteiger partial charge in [-0.1, -0.05) is 24.3 Å². The van der Waals surface area contributed by atoms with Gasteiger partial charge in [0.2, 0.25) is 0 Å². The number of nitrogens with zero attached hydrogens (tertiary/aromatic N) is 4. The van der Waals surface area contributed by atoms with Crippen molar-refractivity contribution >= 4 is 39.0 Å². The highest BCUT2D eigenvalue weighted by molar-refractivity contribution is 9.10. The minimum atomic E-state index is -4.58. The molecule has 1 fully saturated rings. The van der Waals surface area contributed by atoms with Gasteiger partial charge in [0, 0.05) is 18.7 Å². The van der Waals surface area contributed by atoms with Gasteiger partial charge >= 0.3 is 6.18 Å². The van der Waals surface area contributed by atoms with E-state index in [1.54, 1.807) is 41.3 Å². The van der Waals surface area contributed by atoms with Gasteiger partial charge in [0.25, 0.3) is 11.5 Å². The molecule has 1 aromatic heterocycles. The molecular weight excluding hydrogens is 621 g/mol. The van der Waals surface area contributed by atoms with Gasteiger partial charge in [-0.25, -0.2) is 4.98 Å². The molecule has 0 unspecified atom stereocenters. The van der Waals surface area contributed by atoms with E-state index in [4.69, 9.17) is 14.2 Å². The molecule has 0 saturated carbocycles. The van der Waals surface area contributed by atoms with Crippen LogP contribution in [0.3, 0.4) is 0 Å². The highest BCUT2D eigenvalue weighted by atomic mass is 79.9. The first-order valence-electron chi connectivity index (χ1n) is 12.8. The van der Waals surface area contributed by atoms with E-state index in [0.717, 1.165) is 16.8 Å². The molecule has 1 saturated heterocycles. The van der Waals surface area contributed by atoms with Crippen LogP contribution < -0.4 is 15.0 Å². The molecule has 0 N–H and O–H groups in total. The van der Waals surface area contributed by atoms with Crippen LogP contribution in [0.25, 0.3) is 22.3 Å². The Morgan fingerprint density at radius 2 is 1.88 bits per heavy atom. The van der Waals surface area contributed by atoms with Crippen LogP contribution in [0.2, 0.25) is 0 Å². The number of benzene rings is 3. The Kier molecular flexibility index (Phi) is 8.59. The molecule has 0 aliphatic carbocycles. The second-order valence-corrected chi connectivity index (χ2v) is 10.1. The minimum absolute atomic E-state index is 0.0614. The van der Waals surface area contributed by atoms with E-state index in [-0.39, 0.29) is 29.3 Å². The Labute approximate surface area is 246 Å². The summed E-state index contributed by atoms with van der Waals surface area (Å²) in [4.78, 5) is 32.1. The van der Waals surface area contributed by atoms with Crippen LogP contribution >= 0.6 is 15.9 Å². The molecule has 3 aromatic carbocycles. The van der Waals surface area contributed by atoms with Crippen molar-refractivity contribution in [2.24, 2.45) is 5.10 Å². The lowest BCUT2D eigenvalue weighted by Crippen LogP contribution is -2.43. The molecule has 0 spiro atoms. The monoisotopic (exact) mass is 644 g/mol. The minimum Gasteiger partial charge on any atom is -0.493 e. The van der Waals surface area contributed by atoms with Crippen molar-refractivity contribution in [3.63, 3.8) is 0 Å². The summed E-state index contributed by atoms with van der Waals surface area (Å²) in [6.45, 7) is 1.71. The summed E-state index contributed by atoms with van der Waals surface area (Å²) in [5.74, 6) is 0.338. The average Bonchev–Trinajstić information content (AvgIpc) is 2.99. The SMILES string of the molecule is COc1cc(C=Nn2c(-c3cccc(C(F)(F)F)c3)nc3ccccc3c2=O)cc(Br)c1OCC(=O)N1CCOCC1. The van der Waals surface area contributed by atoms with Crippen molar-refractivity contribution in [3.05, 3.63) is 86.6 Å². The Hall–Kier alpha value is -4.23. The highest BCUT2D eigenvalue weighted by Crippen LogP contribution is 2.36. The molecule has 218 valence electrons. The molecule has 1 amide bonds. The topological polar surface area (TPSA) is 95.2 Å². The van der Waals surface area contributed by atoms with Gasteiger partial charge in [0.05, 0.1) is 47.5 Å². The molecule has 0 bridgehead atoms. The summed E-state index contributed by atoms with van der Waals surface area (Å²) in [6.07, 6.45) is -3.23. The van der Waals surface area contributed by atoms with Crippen molar-refractivity contribution in [1.82, 2.24) is 14.6 Å². The standard InChI is InChI=1S/C29H24BrF3N4O5/c1-40-24-14-18(13-22(30)26(24)42-17-25(38)36-9-11-41-12-10-36)16-34-37-27(19-5-4-6-20(15-19)29(31,32)33)35-23-8-3-2-7-21(23)28(37)39/h2-8,13-16H,9-12,17H2,1H3. The largest absolute Gasteiger partial charge is 0.493 e. The average molecular weight is 645 g/mol. The molecule has 9 nitrogen and oxygen atoms in total. The van der Waals surface area contributed by atoms with E-state index >= 15 is 0 Å². The Morgan fingerprint density at radius 1 is 1.12 bits per heavy atom. The molecule has 0 atom stereocenters. The lowest BCUT2D eigenvalue weighted by atomic mass is 10.1. The van der Waals surface area contributed by atoms with Crippen molar-refractivity contribution in [2.45, 2.75) is 6.18 Å². The number of rotatable bonds is 7. The molecule has 5 rings (SSSR count). The van der Waals surface area contributed by atoms with E-state index < -0.39 is 17.3 Å². The number of aromatic nitrogens is 2. The van der Waals surface area contributed by atoms with Crippen LogP contribution in [0.5, 0.6) is 11.5 Å². The number of methoxy groups -OCH3 is 1. The summed E-state index contributed by atoms with van der Waals surface area (Å²) >= 11 is 3.44. The van der Waals surface area contributed by atoms with E-state index in [1.807, 2.05) is 0 Å². The van der Waals surface area contributed by atoms with Crippen LogP contribution in [0, 0.1) is 0 Å². The smallest absolute Gasteiger partial charge is 0.416 e. The van der Waals surface area contributed by atoms with Crippen molar-refractivity contribution in [1.29, 1.82) is 0 Å². The zero-order chi connectivity index (χ0) is 29.9. The lowest BCUT2D eigenvalue weighted by molar-refractivity contribution is -0.138. The number of morpholine rings is 1. The van der Waals surface area contributed by atoms with Gasteiger partial charge in [-0.3, -0.25) is 9.59 Å². The first kappa shape index (κ1) is 29.3. The molecule has 1 aliphatic rings. The predicted octanol–water partition coefficient (Wildman–Crippen LogP) is 4.97. The number of carbonyl (C=O) groups is 1. The number of para-hydroxylation sites is 1. The summed E-state index contributed by atoms with van der Waals surface area (Å²) < 4.78 is 58.3. The number of fused-ring (bicyclic) bond motifs is 1. The first-order valence-corrected chi connectivity index (χ1v) is 13.5.